The van der Waals surface area contributed by atoms with Crippen LogP contribution >= 0.6 is 34.8 Å². The molecule has 0 saturated heterocycles. The number of nitrogens with one attached hydrogen (secondary N) is 1. The van der Waals surface area contributed by atoms with Gasteiger partial charge in [0.1, 0.15) is 5.75 Å². The highest BCUT2D eigenvalue weighted by atomic mass is 35.5. The summed E-state index contributed by atoms with van der Waals surface area (Å²) in [5.41, 5.74) is 1.37. The molecule has 4 nitrogen and oxygen atoms in total. The average Bonchev–Trinajstić information content (AvgIpc) is 2.70. The number of carbonyl (C=O) groups excluding carboxylic acids is 2. The van der Waals surface area contributed by atoms with E-state index in [2.05, 4.69) is 5.32 Å². The number of rotatable bonds is 6. The number of para-hydroxylation sites is 1. The average molecular weight is 435 g/mol. The number of carbonyl (C=O) groups is 2. The third kappa shape index (κ3) is 5.04. The largest absolute Gasteiger partial charge is 0.484 e. The lowest BCUT2D eigenvalue weighted by Gasteiger charge is -2.10. The van der Waals surface area contributed by atoms with Gasteiger partial charge in [0.2, 0.25) is 0 Å². The van der Waals surface area contributed by atoms with Gasteiger partial charge in [-0.2, -0.15) is 0 Å². The Hall–Kier alpha value is -2.53. The summed E-state index contributed by atoms with van der Waals surface area (Å²) in [6.45, 7) is -0.230. The predicted octanol–water partition coefficient (Wildman–Crippen LogP) is 5.90. The smallest absolute Gasteiger partial charge is 0.262 e. The Morgan fingerprint density at radius 1 is 0.786 bits per heavy atom. The number of ketones is 1. The van der Waals surface area contributed by atoms with Crippen LogP contribution in [0.4, 0.5) is 5.69 Å². The molecule has 28 heavy (non-hydrogen) atoms. The van der Waals surface area contributed by atoms with E-state index in [9.17, 15) is 9.59 Å². The second-order valence-corrected chi connectivity index (χ2v) is 7.04. The van der Waals surface area contributed by atoms with Crippen molar-refractivity contribution in [2.75, 3.05) is 11.9 Å². The van der Waals surface area contributed by atoms with Crippen molar-refractivity contribution in [1.82, 2.24) is 0 Å². The lowest BCUT2D eigenvalue weighted by Crippen LogP contribution is -2.20. The number of benzene rings is 3. The first-order valence-corrected chi connectivity index (χ1v) is 9.34. The van der Waals surface area contributed by atoms with Crippen LogP contribution in [-0.2, 0) is 4.79 Å². The molecular formula is C21H14Cl3NO3. The van der Waals surface area contributed by atoms with Crippen LogP contribution in [0.15, 0.2) is 66.7 Å². The van der Waals surface area contributed by atoms with E-state index in [0.717, 1.165) is 0 Å². The van der Waals surface area contributed by atoms with Crippen LogP contribution in [0.3, 0.4) is 0 Å². The molecule has 3 aromatic rings. The van der Waals surface area contributed by atoms with Crippen molar-refractivity contribution >= 4 is 52.2 Å². The van der Waals surface area contributed by atoms with E-state index in [4.69, 9.17) is 39.5 Å². The fourth-order valence-corrected chi connectivity index (χ4v) is 3.03. The van der Waals surface area contributed by atoms with Crippen LogP contribution in [-0.4, -0.2) is 18.3 Å². The van der Waals surface area contributed by atoms with Crippen LogP contribution in [0.25, 0.3) is 0 Å². The Kier molecular flexibility index (Phi) is 6.57. The minimum absolute atomic E-state index is 0.130. The predicted molar refractivity (Wildman–Crippen MR) is 112 cm³/mol. The van der Waals surface area contributed by atoms with Gasteiger partial charge in [-0.3, -0.25) is 9.59 Å². The van der Waals surface area contributed by atoms with Gasteiger partial charge < -0.3 is 10.1 Å². The van der Waals surface area contributed by atoms with Crippen molar-refractivity contribution in [3.63, 3.8) is 0 Å². The number of hydrogen-bond acceptors (Lipinski definition) is 3. The summed E-state index contributed by atoms with van der Waals surface area (Å²) < 4.78 is 5.45. The highest BCUT2D eigenvalue weighted by molar-refractivity contribution is 6.39. The standard InChI is InChI=1S/C21H14Cl3NO3/c22-15-8-4-13(5-9-15)21(27)14-6-10-16(11-7-14)28-12-19(26)25-20-17(23)2-1-3-18(20)24/h1-11H,12H2,(H,25,26). The van der Waals surface area contributed by atoms with E-state index in [0.29, 0.717) is 37.6 Å². The summed E-state index contributed by atoms with van der Waals surface area (Å²) in [4.78, 5) is 24.5. The zero-order valence-electron chi connectivity index (χ0n) is 14.4. The van der Waals surface area contributed by atoms with Gasteiger partial charge >= 0.3 is 0 Å². The molecular weight excluding hydrogens is 421 g/mol. The maximum atomic E-state index is 12.4. The number of ether oxygens (including phenoxy) is 1. The lowest BCUT2D eigenvalue weighted by atomic mass is 10.0. The monoisotopic (exact) mass is 433 g/mol. The molecule has 0 aliphatic carbocycles. The normalized spacial score (nSPS) is 10.4. The van der Waals surface area contributed by atoms with Gasteiger partial charge in [-0.05, 0) is 60.7 Å². The molecule has 1 amide bonds. The quantitative estimate of drug-likeness (QED) is 0.492. The lowest BCUT2D eigenvalue weighted by molar-refractivity contribution is -0.118. The third-order valence-corrected chi connectivity index (χ3v) is 4.70. The summed E-state index contributed by atoms with van der Waals surface area (Å²) in [7, 11) is 0. The Morgan fingerprint density at radius 3 is 1.89 bits per heavy atom. The first-order valence-electron chi connectivity index (χ1n) is 8.21. The van der Waals surface area contributed by atoms with E-state index < -0.39 is 5.91 Å². The molecule has 3 rings (SSSR count). The molecule has 0 bridgehead atoms. The molecule has 0 atom stereocenters. The molecule has 0 spiro atoms. The Labute approximate surface area is 177 Å². The van der Waals surface area contributed by atoms with Gasteiger partial charge in [-0.25, -0.2) is 0 Å². The van der Waals surface area contributed by atoms with Gasteiger partial charge in [0.15, 0.2) is 12.4 Å². The van der Waals surface area contributed by atoms with Crippen molar-refractivity contribution in [3.05, 3.63) is 92.9 Å². The zero-order chi connectivity index (χ0) is 20.1. The minimum atomic E-state index is -0.406. The van der Waals surface area contributed by atoms with Gasteiger partial charge in [0, 0.05) is 16.1 Å². The van der Waals surface area contributed by atoms with E-state index in [1.165, 1.54) is 0 Å². The molecule has 0 aliphatic rings. The van der Waals surface area contributed by atoms with Crippen molar-refractivity contribution < 1.29 is 14.3 Å². The minimum Gasteiger partial charge on any atom is -0.484 e. The Bertz CT molecular complexity index is 982. The summed E-state index contributed by atoms with van der Waals surface area (Å²) >= 11 is 17.9. The molecule has 0 unspecified atom stereocenters. The summed E-state index contributed by atoms with van der Waals surface area (Å²) in [5.74, 6) is -0.0845. The summed E-state index contributed by atoms with van der Waals surface area (Å²) in [5, 5.41) is 3.86. The zero-order valence-corrected chi connectivity index (χ0v) is 16.7. The topological polar surface area (TPSA) is 55.4 Å². The van der Waals surface area contributed by atoms with E-state index in [-0.39, 0.29) is 12.4 Å². The van der Waals surface area contributed by atoms with Crippen molar-refractivity contribution in [2.24, 2.45) is 0 Å². The summed E-state index contributed by atoms with van der Waals surface area (Å²) in [6, 6.07) is 18.1. The molecule has 0 aromatic heterocycles. The second kappa shape index (κ2) is 9.11. The maximum Gasteiger partial charge on any atom is 0.262 e. The molecule has 0 fully saturated rings. The van der Waals surface area contributed by atoms with Crippen molar-refractivity contribution in [2.45, 2.75) is 0 Å². The number of halogens is 3. The van der Waals surface area contributed by atoms with Crippen molar-refractivity contribution in [1.29, 1.82) is 0 Å². The molecule has 0 radical (unpaired) electrons. The third-order valence-electron chi connectivity index (χ3n) is 3.82. The summed E-state index contributed by atoms with van der Waals surface area (Å²) in [6.07, 6.45) is 0. The van der Waals surface area contributed by atoms with Crippen LogP contribution in [0.2, 0.25) is 15.1 Å². The number of amides is 1. The maximum absolute atomic E-state index is 12.4. The number of anilines is 1. The van der Waals surface area contributed by atoms with Gasteiger partial charge in [-0.1, -0.05) is 40.9 Å². The van der Waals surface area contributed by atoms with Gasteiger partial charge in [0.05, 0.1) is 15.7 Å². The van der Waals surface area contributed by atoms with Crippen LogP contribution in [0, 0.1) is 0 Å². The fourth-order valence-electron chi connectivity index (χ4n) is 2.41. The Morgan fingerprint density at radius 2 is 1.32 bits per heavy atom. The molecule has 3 aromatic carbocycles. The van der Waals surface area contributed by atoms with Crippen molar-refractivity contribution in [3.8, 4) is 5.75 Å². The SMILES string of the molecule is O=C(COc1ccc(C(=O)c2ccc(Cl)cc2)cc1)Nc1c(Cl)cccc1Cl. The van der Waals surface area contributed by atoms with E-state index >= 15 is 0 Å². The van der Waals surface area contributed by atoms with Crippen LogP contribution in [0.1, 0.15) is 15.9 Å². The highest BCUT2D eigenvalue weighted by Gasteiger charge is 2.11. The van der Waals surface area contributed by atoms with Gasteiger partial charge in [0.25, 0.3) is 5.91 Å². The highest BCUT2D eigenvalue weighted by Crippen LogP contribution is 2.29. The van der Waals surface area contributed by atoms with Gasteiger partial charge in [-0.15, -0.1) is 0 Å². The Balaban J connectivity index is 1.59. The van der Waals surface area contributed by atoms with E-state index in [1.807, 2.05) is 0 Å². The molecule has 1 N–H and O–H groups in total. The first-order chi connectivity index (χ1) is 13.4. The molecule has 142 valence electrons. The molecule has 7 heteroatoms. The molecule has 0 heterocycles. The van der Waals surface area contributed by atoms with Crippen LogP contribution in [0.5, 0.6) is 5.75 Å². The van der Waals surface area contributed by atoms with E-state index in [1.54, 1.807) is 66.7 Å². The fraction of sp³-hybridized carbons (Fsp3) is 0.0476. The van der Waals surface area contributed by atoms with Crippen LogP contribution < -0.4 is 10.1 Å². The molecule has 0 saturated carbocycles. The number of hydrogen-bond donors (Lipinski definition) is 1. The second-order valence-electron chi connectivity index (χ2n) is 5.79. The first kappa shape index (κ1) is 20.2. The molecule has 0 aliphatic heterocycles.